The number of hydrogen-bond acceptors (Lipinski definition) is 4. The zero-order valence-electron chi connectivity index (χ0n) is 14.7. The third-order valence-electron chi connectivity index (χ3n) is 4.78. The number of rotatable bonds is 5. The van der Waals surface area contributed by atoms with Gasteiger partial charge >= 0.3 is 0 Å². The Balaban J connectivity index is 1.50. The van der Waals surface area contributed by atoms with Crippen LogP contribution in [-0.2, 0) is 6.54 Å². The molecule has 6 heteroatoms. The van der Waals surface area contributed by atoms with Crippen LogP contribution in [0.1, 0.15) is 44.8 Å². The van der Waals surface area contributed by atoms with Crippen LogP contribution in [0.25, 0.3) is 0 Å². The SMILES string of the molecule is Cc1nccn1Cc1ccccc1NC(=O)c1ccc(C2CCCN2)s1. The van der Waals surface area contributed by atoms with Crippen LogP contribution in [0, 0.1) is 6.92 Å². The first-order valence-electron chi connectivity index (χ1n) is 8.91. The highest BCUT2D eigenvalue weighted by Gasteiger charge is 2.20. The summed E-state index contributed by atoms with van der Waals surface area (Å²) in [6.45, 7) is 3.72. The van der Waals surface area contributed by atoms with Crippen molar-refractivity contribution in [3.05, 3.63) is 69.9 Å². The van der Waals surface area contributed by atoms with Gasteiger partial charge in [-0.15, -0.1) is 11.3 Å². The molecule has 1 fully saturated rings. The van der Waals surface area contributed by atoms with Gasteiger partial charge in [0.2, 0.25) is 0 Å². The van der Waals surface area contributed by atoms with Gasteiger partial charge in [0.25, 0.3) is 5.91 Å². The number of para-hydroxylation sites is 1. The smallest absolute Gasteiger partial charge is 0.265 e. The summed E-state index contributed by atoms with van der Waals surface area (Å²) in [4.78, 5) is 19.0. The third kappa shape index (κ3) is 3.57. The molecule has 2 N–H and O–H groups in total. The lowest BCUT2D eigenvalue weighted by Crippen LogP contribution is -2.13. The molecule has 2 aromatic heterocycles. The van der Waals surface area contributed by atoms with Crippen LogP contribution >= 0.6 is 11.3 Å². The Bertz CT molecular complexity index is 908. The van der Waals surface area contributed by atoms with Crippen LogP contribution < -0.4 is 10.6 Å². The van der Waals surface area contributed by atoms with E-state index < -0.39 is 0 Å². The van der Waals surface area contributed by atoms with Crippen molar-refractivity contribution < 1.29 is 4.79 Å². The first-order valence-corrected chi connectivity index (χ1v) is 9.72. The van der Waals surface area contributed by atoms with Gasteiger partial charge in [-0.2, -0.15) is 0 Å². The summed E-state index contributed by atoms with van der Waals surface area (Å²) in [6.07, 6.45) is 6.09. The number of imidazole rings is 1. The summed E-state index contributed by atoms with van der Waals surface area (Å²) in [5.74, 6) is 0.909. The minimum absolute atomic E-state index is 0.0472. The summed E-state index contributed by atoms with van der Waals surface area (Å²) in [7, 11) is 0. The first kappa shape index (κ1) is 17.0. The van der Waals surface area contributed by atoms with E-state index in [-0.39, 0.29) is 5.91 Å². The second-order valence-corrected chi connectivity index (χ2v) is 7.68. The number of thiophene rings is 1. The lowest BCUT2D eigenvalue weighted by molar-refractivity contribution is 0.103. The van der Waals surface area contributed by atoms with Gasteiger partial charge < -0.3 is 15.2 Å². The number of aryl methyl sites for hydroxylation is 1. The molecule has 0 bridgehead atoms. The molecule has 3 heterocycles. The van der Waals surface area contributed by atoms with E-state index >= 15 is 0 Å². The molecule has 0 saturated carbocycles. The fraction of sp³-hybridized carbons (Fsp3) is 0.300. The zero-order valence-corrected chi connectivity index (χ0v) is 15.6. The van der Waals surface area contributed by atoms with E-state index in [1.165, 1.54) is 11.3 Å². The summed E-state index contributed by atoms with van der Waals surface area (Å²) >= 11 is 1.58. The van der Waals surface area contributed by atoms with Crippen molar-refractivity contribution in [3.63, 3.8) is 0 Å². The molecule has 1 atom stereocenters. The summed E-state index contributed by atoms with van der Waals surface area (Å²) < 4.78 is 2.07. The molecule has 0 aliphatic carbocycles. The van der Waals surface area contributed by atoms with Gasteiger partial charge in [0, 0.05) is 29.0 Å². The van der Waals surface area contributed by atoms with Crippen LogP contribution in [0.2, 0.25) is 0 Å². The normalized spacial score (nSPS) is 16.7. The van der Waals surface area contributed by atoms with E-state index in [2.05, 4.69) is 26.3 Å². The van der Waals surface area contributed by atoms with Crippen molar-refractivity contribution in [2.24, 2.45) is 0 Å². The van der Waals surface area contributed by atoms with Gasteiger partial charge in [-0.25, -0.2) is 4.98 Å². The molecular weight excluding hydrogens is 344 g/mol. The highest BCUT2D eigenvalue weighted by molar-refractivity contribution is 7.14. The standard InChI is InChI=1S/C20H22N4OS/c1-14-21-11-12-24(14)13-15-5-2-3-6-16(15)23-20(25)19-9-8-18(26-19)17-7-4-10-22-17/h2-3,5-6,8-9,11-12,17,22H,4,7,10,13H2,1H3,(H,23,25). The summed E-state index contributed by atoms with van der Waals surface area (Å²) in [6, 6.07) is 12.3. The average Bonchev–Trinajstić information content (AvgIpc) is 3.38. The van der Waals surface area contributed by atoms with Gasteiger partial charge in [-0.05, 0) is 50.1 Å². The molecule has 1 aromatic carbocycles. The van der Waals surface area contributed by atoms with Crippen molar-refractivity contribution in [2.45, 2.75) is 32.4 Å². The monoisotopic (exact) mass is 366 g/mol. The third-order valence-corrected chi connectivity index (χ3v) is 5.98. The number of aromatic nitrogens is 2. The highest BCUT2D eigenvalue weighted by atomic mass is 32.1. The van der Waals surface area contributed by atoms with E-state index in [0.717, 1.165) is 34.9 Å². The van der Waals surface area contributed by atoms with Crippen molar-refractivity contribution >= 4 is 22.9 Å². The maximum absolute atomic E-state index is 12.7. The quantitative estimate of drug-likeness (QED) is 0.718. The predicted molar refractivity (Wildman–Crippen MR) is 105 cm³/mol. The molecule has 3 aromatic rings. The van der Waals surface area contributed by atoms with Gasteiger partial charge in [-0.1, -0.05) is 18.2 Å². The van der Waals surface area contributed by atoms with Crippen molar-refractivity contribution in [3.8, 4) is 0 Å². The second-order valence-electron chi connectivity index (χ2n) is 6.56. The summed E-state index contributed by atoms with van der Waals surface area (Å²) in [5, 5.41) is 6.56. The number of nitrogens with zero attached hydrogens (tertiary/aromatic N) is 2. The molecule has 5 nitrogen and oxygen atoms in total. The number of anilines is 1. The zero-order chi connectivity index (χ0) is 17.9. The average molecular weight is 366 g/mol. The Hall–Kier alpha value is -2.44. The van der Waals surface area contributed by atoms with E-state index in [1.807, 2.05) is 43.5 Å². The Labute approximate surface area is 157 Å². The maximum Gasteiger partial charge on any atom is 0.265 e. The van der Waals surface area contributed by atoms with Gasteiger partial charge in [0.15, 0.2) is 0 Å². The molecule has 1 aliphatic heterocycles. The minimum atomic E-state index is -0.0472. The van der Waals surface area contributed by atoms with Crippen LogP contribution in [0.5, 0.6) is 0 Å². The molecular formula is C20H22N4OS. The van der Waals surface area contributed by atoms with Crippen LogP contribution in [0.4, 0.5) is 5.69 Å². The molecule has 1 aliphatic rings. The number of amides is 1. The Morgan fingerprint density at radius 3 is 3.00 bits per heavy atom. The first-order chi connectivity index (χ1) is 12.7. The Morgan fingerprint density at radius 2 is 2.23 bits per heavy atom. The largest absolute Gasteiger partial charge is 0.331 e. The molecule has 134 valence electrons. The molecule has 4 rings (SSSR count). The van der Waals surface area contributed by atoms with Crippen molar-refractivity contribution in [1.29, 1.82) is 0 Å². The van der Waals surface area contributed by atoms with Crippen molar-refractivity contribution in [1.82, 2.24) is 14.9 Å². The molecule has 1 unspecified atom stereocenters. The molecule has 26 heavy (non-hydrogen) atoms. The number of benzene rings is 1. The number of carbonyl (C=O) groups excluding carboxylic acids is 1. The van der Waals surface area contributed by atoms with Crippen LogP contribution in [-0.4, -0.2) is 22.0 Å². The fourth-order valence-corrected chi connectivity index (χ4v) is 4.32. The molecule has 1 amide bonds. The highest BCUT2D eigenvalue weighted by Crippen LogP contribution is 2.30. The van der Waals surface area contributed by atoms with Gasteiger partial charge in [-0.3, -0.25) is 4.79 Å². The van der Waals surface area contributed by atoms with E-state index in [1.54, 1.807) is 17.5 Å². The van der Waals surface area contributed by atoms with Crippen molar-refractivity contribution in [2.75, 3.05) is 11.9 Å². The van der Waals surface area contributed by atoms with Crippen LogP contribution in [0.3, 0.4) is 0 Å². The number of hydrogen-bond donors (Lipinski definition) is 2. The van der Waals surface area contributed by atoms with Crippen LogP contribution in [0.15, 0.2) is 48.8 Å². The fourth-order valence-electron chi connectivity index (χ4n) is 3.31. The molecule has 1 saturated heterocycles. The number of nitrogens with one attached hydrogen (secondary N) is 2. The van der Waals surface area contributed by atoms with E-state index in [4.69, 9.17) is 0 Å². The molecule has 0 radical (unpaired) electrons. The molecule has 0 spiro atoms. The Kier molecular flexibility index (Phi) is 4.86. The maximum atomic E-state index is 12.7. The number of carbonyl (C=O) groups is 1. The van der Waals surface area contributed by atoms with E-state index in [0.29, 0.717) is 12.6 Å². The minimum Gasteiger partial charge on any atom is -0.331 e. The summed E-state index contributed by atoms with van der Waals surface area (Å²) in [5.41, 5.74) is 1.91. The second kappa shape index (κ2) is 7.43. The van der Waals surface area contributed by atoms with Gasteiger partial charge in [0.05, 0.1) is 11.4 Å². The van der Waals surface area contributed by atoms with E-state index in [9.17, 15) is 4.79 Å². The van der Waals surface area contributed by atoms with Gasteiger partial charge in [0.1, 0.15) is 5.82 Å². The lowest BCUT2D eigenvalue weighted by atomic mass is 10.1. The Morgan fingerprint density at radius 1 is 1.35 bits per heavy atom. The predicted octanol–water partition coefficient (Wildman–Crippen LogP) is 3.98. The lowest BCUT2D eigenvalue weighted by Gasteiger charge is -2.12. The topological polar surface area (TPSA) is 59.0 Å².